The molecule has 0 aliphatic carbocycles. The van der Waals surface area contributed by atoms with Crippen LogP contribution < -0.4 is 15.0 Å². The van der Waals surface area contributed by atoms with Crippen LogP contribution in [0.2, 0.25) is 0 Å². The Morgan fingerprint density at radius 3 is 2.55 bits per heavy atom. The van der Waals surface area contributed by atoms with E-state index in [-0.39, 0.29) is 41.2 Å². The van der Waals surface area contributed by atoms with Crippen molar-refractivity contribution in [3.8, 4) is 23.4 Å². The zero-order valence-corrected chi connectivity index (χ0v) is 26.1. The van der Waals surface area contributed by atoms with Crippen molar-refractivity contribution >= 4 is 17.6 Å². The molecule has 1 aliphatic rings. The Hall–Kier alpha value is -3.97. The van der Waals surface area contributed by atoms with Crippen LogP contribution in [0.1, 0.15) is 85.0 Å². The van der Waals surface area contributed by atoms with Gasteiger partial charge in [0, 0.05) is 31.0 Å². The molecular weight excluding hydrogens is 532 g/mol. The highest BCUT2D eigenvalue weighted by molar-refractivity contribution is 5.74. The Balaban J connectivity index is 1.46. The van der Waals surface area contributed by atoms with Gasteiger partial charge in [-0.1, -0.05) is 32.9 Å². The highest BCUT2D eigenvalue weighted by Crippen LogP contribution is 2.36. The minimum absolute atomic E-state index is 0.0397. The van der Waals surface area contributed by atoms with Crippen LogP contribution in [-0.2, 0) is 16.0 Å². The maximum Gasteiger partial charge on any atom is 0.311 e. The summed E-state index contributed by atoms with van der Waals surface area (Å²) >= 11 is 0. The standard InChI is InChI=1S/C32H42N6O4/c1-19(2)40-27-23(16-33)15-24(17-35-27)28-36-30(37-42-28)38-13-12-22-14-21(10-11-26(22)38)20(3)34-18-25(31(4,5)6)29(39)41-32(7,8)9/h10-11,14-15,17,19-20,25,34H,12-13,18H2,1-9H3/t20?,25-/m0/s1. The van der Waals surface area contributed by atoms with Gasteiger partial charge in [-0.05, 0) is 81.8 Å². The Morgan fingerprint density at radius 1 is 1.17 bits per heavy atom. The first kappa shape index (κ1) is 31.0. The minimum Gasteiger partial charge on any atom is -0.474 e. The van der Waals surface area contributed by atoms with Crippen molar-refractivity contribution < 1.29 is 18.8 Å². The second kappa shape index (κ2) is 12.1. The molecule has 0 saturated heterocycles. The van der Waals surface area contributed by atoms with Crippen molar-refractivity contribution in [3.05, 3.63) is 47.2 Å². The first-order valence-electron chi connectivity index (χ1n) is 14.4. The average molecular weight is 575 g/mol. The molecule has 224 valence electrons. The van der Waals surface area contributed by atoms with Gasteiger partial charge in [0.15, 0.2) is 0 Å². The number of carbonyl (C=O) groups excluding carboxylic acids is 1. The number of pyridine rings is 1. The average Bonchev–Trinajstić information content (AvgIpc) is 3.53. The molecule has 3 aromatic rings. The zero-order chi connectivity index (χ0) is 30.8. The predicted octanol–water partition coefficient (Wildman–Crippen LogP) is 6.14. The number of nitriles is 1. The summed E-state index contributed by atoms with van der Waals surface area (Å²) in [5, 5.41) is 17.3. The number of rotatable bonds is 9. The first-order valence-corrected chi connectivity index (χ1v) is 14.4. The molecule has 0 fully saturated rings. The Bertz CT molecular complexity index is 1460. The lowest BCUT2D eigenvalue weighted by atomic mass is 9.80. The molecule has 0 saturated carbocycles. The van der Waals surface area contributed by atoms with Crippen molar-refractivity contribution in [1.82, 2.24) is 20.4 Å². The number of aromatic nitrogens is 3. The molecule has 1 unspecified atom stereocenters. The lowest BCUT2D eigenvalue weighted by Crippen LogP contribution is -2.41. The molecule has 4 rings (SSSR count). The number of carbonyl (C=O) groups is 1. The smallest absolute Gasteiger partial charge is 0.311 e. The number of hydrogen-bond donors (Lipinski definition) is 1. The highest BCUT2D eigenvalue weighted by atomic mass is 16.6. The molecule has 1 aliphatic heterocycles. The largest absolute Gasteiger partial charge is 0.474 e. The number of nitrogens with zero attached hydrogens (tertiary/aromatic N) is 5. The van der Waals surface area contributed by atoms with Crippen LogP contribution in [0.25, 0.3) is 11.5 Å². The van der Waals surface area contributed by atoms with E-state index >= 15 is 0 Å². The Kier molecular flexibility index (Phi) is 8.92. The van der Waals surface area contributed by atoms with Crippen molar-refractivity contribution in [2.75, 3.05) is 18.0 Å². The van der Waals surface area contributed by atoms with Crippen molar-refractivity contribution in [3.63, 3.8) is 0 Å². The molecule has 0 bridgehead atoms. The number of hydrogen-bond acceptors (Lipinski definition) is 10. The summed E-state index contributed by atoms with van der Waals surface area (Å²) in [6.45, 7) is 19.0. The molecular formula is C32H42N6O4. The molecule has 0 radical (unpaired) electrons. The molecule has 2 aromatic heterocycles. The third kappa shape index (κ3) is 7.26. The number of nitrogens with one attached hydrogen (secondary N) is 1. The Labute approximate surface area is 248 Å². The molecule has 1 N–H and O–H groups in total. The normalized spacial score (nSPS) is 14.8. The Morgan fingerprint density at radius 2 is 1.90 bits per heavy atom. The molecule has 2 atom stereocenters. The maximum atomic E-state index is 12.9. The van der Waals surface area contributed by atoms with E-state index < -0.39 is 5.60 Å². The molecule has 1 aromatic carbocycles. The highest BCUT2D eigenvalue weighted by Gasteiger charge is 2.35. The number of fused-ring (bicyclic) bond motifs is 1. The summed E-state index contributed by atoms with van der Waals surface area (Å²) in [5.74, 6) is 0.552. The van der Waals surface area contributed by atoms with Crippen molar-refractivity contribution in [2.45, 2.75) is 86.5 Å². The quantitative estimate of drug-likeness (QED) is 0.298. The number of esters is 1. The first-order chi connectivity index (χ1) is 19.7. The van der Waals surface area contributed by atoms with Crippen LogP contribution in [0.3, 0.4) is 0 Å². The fraction of sp³-hybridized carbons (Fsp3) is 0.531. The molecule has 3 heterocycles. The van der Waals surface area contributed by atoms with Crippen LogP contribution in [0.4, 0.5) is 11.6 Å². The van der Waals surface area contributed by atoms with Gasteiger partial charge in [-0.15, -0.1) is 0 Å². The van der Waals surface area contributed by atoms with Gasteiger partial charge in [-0.2, -0.15) is 10.2 Å². The second-order valence-electron chi connectivity index (χ2n) is 13.1. The summed E-state index contributed by atoms with van der Waals surface area (Å²) in [6.07, 6.45) is 2.31. The van der Waals surface area contributed by atoms with E-state index in [0.29, 0.717) is 30.2 Å². The van der Waals surface area contributed by atoms with E-state index in [9.17, 15) is 10.1 Å². The van der Waals surface area contributed by atoms with Crippen LogP contribution in [0, 0.1) is 22.7 Å². The van der Waals surface area contributed by atoms with Gasteiger partial charge in [0.25, 0.3) is 11.8 Å². The van der Waals surface area contributed by atoms with E-state index in [1.54, 1.807) is 12.3 Å². The van der Waals surface area contributed by atoms with Gasteiger partial charge in [0.05, 0.1) is 17.6 Å². The van der Waals surface area contributed by atoms with E-state index in [0.717, 1.165) is 17.7 Å². The maximum absolute atomic E-state index is 12.9. The van der Waals surface area contributed by atoms with Gasteiger partial charge >= 0.3 is 5.97 Å². The van der Waals surface area contributed by atoms with Crippen LogP contribution >= 0.6 is 0 Å². The van der Waals surface area contributed by atoms with Crippen molar-refractivity contribution in [2.24, 2.45) is 11.3 Å². The molecule has 10 heteroatoms. The zero-order valence-electron chi connectivity index (χ0n) is 26.1. The molecule has 0 amide bonds. The summed E-state index contributed by atoms with van der Waals surface area (Å²) < 4.78 is 16.9. The van der Waals surface area contributed by atoms with Crippen LogP contribution in [0.15, 0.2) is 35.0 Å². The number of anilines is 2. The number of ether oxygens (including phenoxy) is 2. The van der Waals surface area contributed by atoms with Gasteiger partial charge < -0.3 is 24.2 Å². The fourth-order valence-electron chi connectivity index (χ4n) is 4.84. The van der Waals surface area contributed by atoms with Crippen molar-refractivity contribution in [1.29, 1.82) is 5.26 Å². The topological polar surface area (TPSA) is 126 Å². The number of benzene rings is 1. The van der Waals surface area contributed by atoms with E-state index in [1.165, 1.54) is 5.56 Å². The van der Waals surface area contributed by atoms with Gasteiger partial charge in [-0.3, -0.25) is 4.79 Å². The van der Waals surface area contributed by atoms with Gasteiger partial charge in [-0.25, -0.2) is 4.98 Å². The third-order valence-corrected chi connectivity index (χ3v) is 7.09. The van der Waals surface area contributed by atoms with Gasteiger partial charge in [0.2, 0.25) is 5.88 Å². The molecule has 42 heavy (non-hydrogen) atoms. The van der Waals surface area contributed by atoms with Crippen LogP contribution in [-0.4, -0.2) is 45.9 Å². The van der Waals surface area contributed by atoms with Crippen LogP contribution in [0.5, 0.6) is 5.88 Å². The summed E-state index contributed by atoms with van der Waals surface area (Å²) in [4.78, 5) is 23.9. The summed E-state index contributed by atoms with van der Waals surface area (Å²) in [7, 11) is 0. The lowest BCUT2D eigenvalue weighted by Gasteiger charge is -2.33. The summed E-state index contributed by atoms with van der Waals surface area (Å²) in [6, 6.07) is 10.2. The SMILES string of the molecule is CC(C)Oc1ncc(-c2nc(N3CCc4cc(C(C)NC[C@@H](C(=O)OC(C)(C)C)C(C)(C)C)ccc43)no2)cc1C#N. The van der Waals surface area contributed by atoms with Gasteiger partial charge in [0.1, 0.15) is 17.2 Å². The summed E-state index contributed by atoms with van der Waals surface area (Å²) in [5.41, 5.74) is 3.44. The predicted molar refractivity (Wildman–Crippen MR) is 160 cm³/mol. The second-order valence-corrected chi connectivity index (χ2v) is 13.1. The molecule has 0 spiro atoms. The third-order valence-electron chi connectivity index (χ3n) is 7.09. The monoisotopic (exact) mass is 574 g/mol. The molecule has 10 nitrogen and oxygen atoms in total. The minimum atomic E-state index is -0.527. The van der Waals surface area contributed by atoms with E-state index in [2.05, 4.69) is 72.4 Å². The van der Waals surface area contributed by atoms with E-state index in [1.807, 2.05) is 39.5 Å². The fourth-order valence-corrected chi connectivity index (χ4v) is 4.84. The van der Waals surface area contributed by atoms with E-state index in [4.69, 9.17) is 14.0 Å². The lowest BCUT2D eigenvalue weighted by molar-refractivity contribution is -0.163.